The minimum Gasteiger partial charge on any atom is -0.496 e. The first-order valence-electron chi connectivity index (χ1n) is 4.05. The zero-order valence-electron chi connectivity index (χ0n) is 7.79. The molecule has 1 aromatic rings. The summed E-state index contributed by atoms with van der Waals surface area (Å²) in [5.41, 5.74) is 8.06. The van der Waals surface area contributed by atoms with Gasteiger partial charge in [0.15, 0.2) is 0 Å². The highest BCUT2D eigenvalue weighted by molar-refractivity contribution is 5.38. The molecule has 2 N–H and O–H groups in total. The maximum absolute atomic E-state index is 5.78. The van der Waals surface area contributed by atoms with Crippen molar-refractivity contribution in [2.24, 2.45) is 5.73 Å². The minimum atomic E-state index is 0.0276. The first-order chi connectivity index (χ1) is 5.65. The molecule has 0 fully saturated rings. The van der Waals surface area contributed by atoms with Crippen molar-refractivity contribution in [3.63, 3.8) is 0 Å². The molecule has 2 heteroatoms. The number of ether oxygens (including phenoxy) is 1. The van der Waals surface area contributed by atoms with Crippen LogP contribution in [0.3, 0.4) is 0 Å². The van der Waals surface area contributed by atoms with Crippen LogP contribution >= 0.6 is 0 Å². The highest BCUT2D eigenvalue weighted by Gasteiger charge is 2.06. The van der Waals surface area contributed by atoms with Crippen LogP contribution in [0.4, 0.5) is 0 Å². The fraction of sp³-hybridized carbons (Fsp3) is 0.400. The molecule has 1 rings (SSSR count). The summed E-state index contributed by atoms with van der Waals surface area (Å²) in [4.78, 5) is 0. The van der Waals surface area contributed by atoms with Crippen LogP contribution in [0.15, 0.2) is 18.2 Å². The van der Waals surface area contributed by atoms with Gasteiger partial charge in [-0.2, -0.15) is 0 Å². The third-order valence-electron chi connectivity index (χ3n) is 1.88. The Morgan fingerprint density at radius 1 is 1.42 bits per heavy atom. The first-order valence-corrected chi connectivity index (χ1v) is 4.05. The second-order valence-electron chi connectivity index (χ2n) is 3.03. The van der Waals surface area contributed by atoms with Crippen LogP contribution in [-0.4, -0.2) is 7.11 Å². The van der Waals surface area contributed by atoms with Crippen LogP contribution in [0.25, 0.3) is 0 Å². The van der Waals surface area contributed by atoms with E-state index in [-0.39, 0.29) is 6.04 Å². The summed E-state index contributed by atoms with van der Waals surface area (Å²) in [6.07, 6.45) is 0. The Kier molecular flexibility index (Phi) is 2.71. The van der Waals surface area contributed by atoms with Crippen LogP contribution in [0.2, 0.25) is 0 Å². The van der Waals surface area contributed by atoms with E-state index >= 15 is 0 Å². The quantitative estimate of drug-likeness (QED) is 0.727. The second kappa shape index (κ2) is 3.59. The lowest BCUT2D eigenvalue weighted by Crippen LogP contribution is -2.07. The molecular weight excluding hydrogens is 150 g/mol. The van der Waals surface area contributed by atoms with Crippen molar-refractivity contribution < 1.29 is 4.74 Å². The molecule has 0 aliphatic carbocycles. The van der Waals surface area contributed by atoms with Gasteiger partial charge >= 0.3 is 0 Å². The molecule has 1 aromatic carbocycles. The monoisotopic (exact) mass is 165 g/mol. The highest BCUT2D eigenvalue weighted by atomic mass is 16.5. The van der Waals surface area contributed by atoms with Gasteiger partial charge in [-0.05, 0) is 19.9 Å². The van der Waals surface area contributed by atoms with E-state index in [9.17, 15) is 0 Å². The fourth-order valence-electron chi connectivity index (χ4n) is 1.21. The summed E-state index contributed by atoms with van der Waals surface area (Å²) in [6, 6.07) is 6.06. The Morgan fingerprint density at radius 2 is 2.08 bits per heavy atom. The molecule has 12 heavy (non-hydrogen) atoms. The zero-order valence-corrected chi connectivity index (χ0v) is 7.79. The molecule has 0 aliphatic rings. The van der Waals surface area contributed by atoms with Crippen LogP contribution < -0.4 is 10.5 Å². The number of nitrogens with two attached hydrogens (primary N) is 1. The molecule has 66 valence electrons. The van der Waals surface area contributed by atoms with Gasteiger partial charge in [-0.25, -0.2) is 0 Å². The van der Waals surface area contributed by atoms with Crippen molar-refractivity contribution in [1.82, 2.24) is 0 Å². The Bertz CT molecular complexity index is 269. The molecule has 0 aliphatic heterocycles. The maximum atomic E-state index is 5.78. The molecule has 1 atom stereocenters. The Balaban J connectivity index is 3.12. The molecule has 0 radical (unpaired) electrons. The van der Waals surface area contributed by atoms with Crippen molar-refractivity contribution >= 4 is 0 Å². The molecule has 0 saturated carbocycles. The van der Waals surface area contributed by atoms with Crippen LogP contribution in [0.1, 0.15) is 24.1 Å². The number of methoxy groups -OCH3 is 1. The van der Waals surface area contributed by atoms with E-state index < -0.39 is 0 Å². The number of benzene rings is 1. The summed E-state index contributed by atoms with van der Waals surface area (Å²) in [5, 5.41) is 0. The van der Waals surface area contributed by atoms with Crippen LogP contribution in [0.5, 0.6) is 5.75 Å². The Hall–Kier alpha value is -1.02. The number of rotatable bonds is 2. The highest BCUT2D eigenvalue weighted by Crippen LogP contribution is 2.24. The second-order valence-corrected chi connectivity index (χ2v) is 3.03. The van der Waals surface area contributed by atoms with E-state index in [2.05, 4.69) is 6.07 Å². The van der Waals surface area contributed by atoms with Gasteiger partial charge in [-0.3, -0.25) is 0 Å². The van der Waals surface area contributed by atoms with Gasteiger partial charge in [0.2, 0.25) is 0 Å². The zero-order chi connectivity index (χ0) is 9.14. The number of hydrogen-bond acceptors (Lipinski definition) is 2. The summed E-state index contributed by atoms with van der Waals surface area (Å²) < 4.78 is 5.18. The largest absolute Gasteiger partial charge is 0.496 e. The third kappa shape index (κ3) is 1.77. The van der Waals surface area contributed by atoms with Crippen LogP contribution in [0, 0.1) is 6.92 Å². The van der Waals surface area contributed by atoms with E-state index in [0.29, 0.717) is 0 Å². The average Bonchev–Trinajstić information content (AvgIpc) is 2.04. The molecule has 2 nitrogen and oxygen atoms in total. The molecule has 0 saturated heterocycles. The predicted octanol–water partition coefficient (Wildman–Crippen LogP) is 2.02. The minimum absolute atomic E-state index is 0.0276. The van der Waals surface area contributed by atoms with Gasteiger partial charge in [0, 0.05) is 11.6 Å². The number of aryl methyl sites for hydroxylation is 1. The first kappa shape index (κ1) is 9.07. The van der Waals surface area contributed by atoms with Crippen molar-refractivity contribution in [3.8, 4) is 5.75 Å². The Labute approximate surface area is 73.3 Å². The molecule has 0 aromatic heterocycles. The molecular formula is C10H15NO. The standard InChI is InChI=1S/C10H15NO/c1-7-4-5-10(12-3)9(6-7)8(2)11/h4-6,8H,11H2,1-3H3/t8-/m1/s1. The molecule has 0 bridgehead atoms. The van der Waals surface area contributed by atoms with Gasteiger partial charge in [-0.1, -0.05) is 17.7 Å². The van der Waals surface area contributed by atoms with Gasteiger partial charge in [-0.15, -0.1) is 0 Å². The number of hydrogen-bond donors (Lipinski definition) is 1. The van der Waals surface area contributed by atoms with Crippen molar-refractivity contribution in [1.29, 1.82) is 0 Å². The molecule has 0 unspecified atom stereocenters. The topological polar surface area (TPSA) is 35.2 Å². The average molecular weight is 165 g/mol. The van der Waals surface area contributed by atoms with Crippen LogP contribution in [-0.2, 0) is 0 Å². The fourth-order valence-corrected chi connectivity index (χ4v) is 1.21. The Morgan fingerprint density at radius 3 is 2.58 bits per heavy atom. The van der Waals surface area contributed by atoms with Gasteiger partial charge in [0.1, 0.15) is 5.75 Å². The lowest BCUT2D eigenvalue weighted by atomic mass is 10.1. The van der Waals surface area contributed by atoms with Crippen molar-refractivity contribution in [3.05, 3.63) is 29.3 Å². The summed E-state index contributed by atoms with van der Waals surface area (Å²) in [5.74, 6) is 0.871. The molecule has 0 spiro atoms. The van der Waals surface area contributed by atoms with E-state index in [4.69, 9.17) is 10.5 Å². The van der Waals surface area contributed by atoms with Gasteiger partial charge in [0.05, 0.1) is 7.11 Å². The normalized spacial score (nSPS) is 12.7. The van der Waals surface area contributed by atoms with E-state index in [1.165, 1.54) is 5.56 Å². The SMILES string of the molecule is COc1ccc(C)cc1[C@@H](C)N. The summed E-state index contributed by atoms with van der Waals surface area (Å²) in [7, 11) is 1.66. The van der Waals surface area contributed by atoms with Gasteiger partial charge < -0.3 is 10.5 Å². The van der Waals surface area contributed by atoms with E-state index in [0.717, 1.165) is 11.3 Å². The third-order valence-corrected chi connectivity index (χ3v) is 1.88. The van der Waals surface area contributed by atoms with E-state index in [1.807, 2.05) is 26.0 Å². The lowest BCUT2D eigenvalue weighted by molar-refractivity contribution is 0.407. The lowest BCUT2D eigenvalue weighted by Gasteiger charge is -2.11. The van der Waals surface area contributed by atoms with Crippen molar-refractivity contribution in [2.75, 3.05) is 7.11 Å². The summed E-state index contributed by atoms with van der Waals surface area (Å²) in [6.45, 7) is 4.00. The van der Waals surface area contributed by atoms with Crippen molar-refractivity contribution in [2.45, 2.75) is 19.9 Å². The van der Waals surface area contributed by atoms with Gasteiger partial charge in [0.25, 0.3) is 0 Å². The molecule has 0 heterocycles. The smallest absolute Gasteiger partial charge is 0.123 e. The molecule has 0 amide bonds. The summed E-state index contributed by atoms with van der Waals surface area (Å²) >= 11 is 0. The van der Waals surface area contributed by atoms with E-state index in [1.54, 1.807) is 7.11 Å². The maximum Gasteiger partial charge on any atom is 0.123 e. The predicted molar refractivity (Wildman–Crippen MR) is 50.3 cm³/mol.